The lowest BCUT2D eigenvalue weighted by atomic mass is 9.83. The number of phenols is 1. The van der Waals surface area contributed by atoms with E-state index < -0.39 is 11.9 Å². The van der Waals surface area contributed by atoms with E-state index in [9.17, 15) is 14.7 Å². The smallest absolute Gasteiger partial charge is 0.312 e. The Morgan fingerprint density at radius 1 is 0.970 bits per heavy atom. The molecular formula is C25H21ClO7. The van der Waals surface area contributed by atoms with Crippen LogP contribution in [0.25, 0.3) is 0 Å². The summed E-state index contributed by atoms with van der Waals surface area (Å²) in [5.41, 5.74) is 1.35. The van der Waals surface area contributed by atoms with Crippen LogP contribution in [0.2, 0.25) is 5.02 Å². The molecular weight excluding hydrogens is 448 g/mol. The van der Waals surface area contributed by atoms with Crippen molar-refractivity contribution in [1.82, 2.24) is 0 Å². The number of methoxy groups -OCH3 is 3. The molecule has 7 nitrogen and oxygen atoms in total. The second-order valence-corrected chi connectivity index (χ2v) is 7.80. The first-order valence-corrected chi connectivity index (χ1v) is 10.4. The van der Waals surface area contributed by atoms with E-state index in [1.807, 2.05) is 0 Å². The zero-order chi connectivity index (χ0) is 23.7. The number of ketones is 1. The SMILES string of the molecule is COc1ccc(C2CC(=O)Oc3ccc(C(=O)c4ccc(Cl)cc4)c(O)c32)c(OC)c1OC. The molecule has 4 rings (SSSR count). The molecule has 0 fully saturated rings. The number of hydrogen-bond acceptors (Lipinski definition) is 7. The van der Waals surface area contributed by atoms with Gasteiger partial charge in [0.1, 0.15) is 11.5 Å². The predicted octanol–water partition coefficient (Wildman–Crippen LogP) is 4.74. The van der Waals surface area contributed by atoms with Gasteiger partial charge in [-0.1, -0.05) is 17.7 Å². The Morgan fingerprint density at radius 2 is 1.67 bits per heavy atom. The van der Waals surface area contributed by atoms with Crippen LogP contribution in [0.4, 0.5) is 0 Å². The molecule has 3 aromatic rings. The maximum Gasteiger partial charge on any atom is 0.312 e. The molecule has 0 aromatic heterocycles. The Kier molecular flexibility index (Phi) is 6.16. The van der Waals surface area contributed by atoms with E-state index in [4.69, 9.17) is 30.5 Å². The van der Waals surface area contributed by atoms with Gasteiger partial charge in [-0.05, 0) is 42.5 Å². The molecule has 33 heavy (non-hydrogen) atoms. The van der Waals surface area contributed by atoms with Crippen LogP contribution in [0, 0.1) is 0 Å². The number of hydrogen-bond donors (Lipinski definition) is 1. The van der Waals surface area contributed by atoms with Crippen LogP contribution in [0.15, 0.2) is 48.5 Å². The minimum Gasteiger partial charge on any atom is -0.507 e. The van der Waals surface area contributed by atoms with Crippen LogP contribution < -0.4 is 18.9 Å². The first-order valence-electron chi connectivity index (χ1n) is 10.0. The van der Waals surface area contributed by atoms with Crippen LogP contribution in [0.1, 0.15) is 39.4 Å². The summed E-state index contributed by atoms with van der Waals surface area (Å²) < 4.78 is 21.8. The Balaban J connectivity index is 1.88. The molecule has 1 atom stereocenters. The maximum atomic E-state index is 13.1. The van der Waals surface area contributed by atoms with Crippen LogP contribution in [0.5, 0.6) is 28.7 Å². The second kappa shape index (κ2) is 9.03. The largest absolute Gasteiger partial charge is 0.507 e. The number of carbonyl (C=O) groups excluding carboxylic acids is 2. The lowest BCUT2D eigenvalue weighted by molar-refractivity contribution is -0.135. The molecule has 0 radical (unpaired) electrons. The number of benzene rings is 3. The highest BCUT2D eigenvalue weighted by Crippen LogP contribution is 2.51. The number of esters is 1. The van der Waals surface area contributed by atoms with Gasteiger partial charge >= 0.3 is 5.97 Å². The van der Waals surface area contributed by atoms with Gasteiger partial charge < -0.3 is 24.1 Å². The first-order chi connectivity index (χ1) is 15.9. The molecule has 0 amide bonds. The summed E-state index contributed by atoms with van der Waals surface area (Å²) in [7, 11) is 4.46. The van der Waals surface area contributed by atoms with E-state index in [1.54, 1.807) is 36.4 Å². The number of aromatic hydroxyl groups is 1. The van der Waals surface area contributed by atoms with Crippen molar-refractivity contribution in [2.75, 3.05) is 21.3 Å². The van der Waals surface area contributed by atoms with Gasteiger partial charge in [-0.25, -0.2) is 0 Å². The molecule has 1 aliphatic heterocycles. The van der Waals surface area contributed by atoms with E-state index >= 15 is 0 Å². The van der Waals surface area contributed by atoms with E-state index in [1.165, 1.54) is 33.5 Å². The molecule has 0 saturated carbocycles. The van der Waals surface area contributed by atoms with Crippen LogP contribution in [-0.4, -0.2) is 38.2 Å². The fourth-order valence-corrected chi connectivity index (χ4v) is 4.18. The van der Waals surface area contributed by atoms with Gasteiger partial charge in [0.2, 0.25) is 5.75 Å². The highest BCUT2D eigenvalue weighted by atomic mass is 35.5. The van der Waals surface area contributed by atoms with E-state index in [-0.39, 0.29) is 29.3 Å². The normalized spacial score (nSPS) is 14.8. The number of ether oxygens (including phenoxy) is 4. The molecule has 1 N–H and O–H groups in total. The highest BCUT2D eigenvalue weighted by Gasteiger charge is 2.36. The summed E-state index contributed by atoms with van der Waals surface area (Å²) in [6, 6.07) is 12.7. The van der Waals surface area contributed by atoms with Crippen LogP contribution >= 0.6 is 11.6 Å². The third kappa shape index (κ3) is 3.96. The summed E-state index contributed by atoms with van der Waals surface area (Å²) in [5.74, 6) is -0.425. The standard InChI is InChI=1S/C25H21ClO7/c1-30-19-11-8-15(24(31-2)25(19)32-3)17-12-20(27)33-18-10-9-16(23(29)21(17)18)22(28)13-4-6-14(26)7-5-13/h4-11,17,29H,12H2,1-3H3. The lowest BCUT2D eigenvalue weighted by Gasteiger charge is -2.28. The summed E-state index contributed by atoms with van der Waals surface area (Å²) in [6.45, 7) is 0. The number of carbonyl (C=O) groups is 2. The molecule has 3 aromatic carbocycles. The topological polar surface area (TPSA) is 91.3 Å². The first kappa shape index (κ1) is 22.5. The predicted molar refractivity (Wildman–Crippen MR) is 121 cm³/mol. The van der Waals surface area contributed by atoms with Crippen molar-refractivity contribution >= 4 is 23.4 Å². The fraction of sp³-hybridized carbons (Fsp3) is 0.200. The minimum absolute atomic E-state index is 0.0645. The van der Waals surface area contributed by atoms with Crippen molar-refractivity contribution in [2.45, 2.75) is 12.3 Å². The van der Waals surface area contributed by atoms with Gasteiger partial charge in [0.05, 0.1) is 33.3 Å². The van der Waals surface area contributed by atoms with Gasteiger partial charge in [-0.2, -0.15) is 0 Å². The van der Waals surface area contributed by atoms with Crippen LogP contribution in [-0.2, 0) is 4.79 Å². The Morgan fingerprint density at radius 3 is 2.30 bits per heavy atom. The van der Waals surface area contributed by atoms with Gasteiger partial charge in [0, 0.05) is 27.6 Å². The minimum atomic E-state index is -0.644. The van der Waals surface area contributed by atoms with Gasteiger partial charge in [-0.3, -0.25) is 9.59 Å². The molecule has 1 unspecified atom stereocenters. The Hall–Kier alpha value is -3.71. The molecule has 8 heteroatoms. The third-order valence-corrected chi connectivity index (χ3v) is 5.83. The fourth-order valence-electron chi connectivity index (χ4n) is 4.05. The second-order valence-electron chi connectivity index (χ2n) is 7.36. The quantitative estimate of drug-likeness (QED) is 0.317. The van der Waals surface area contributed by atoms with Crippen molar-refractivity contribution in [2.24, 2.45) is 0 Å². The van der Waals surface area contributed by atoms with Crippen molar-refractivity contribution in [3.63, 3.8) is 0 Å². The average Bonchev–Trinajstić information content (AvgIpc) is 2.82. The van der Waals surface area contributed by atoms with Gasteiger partial charge in [0.25, 0.3) is 0 Å². The molecule has 0 aliphatic carbocycles. The average molecular weight is 469 g/mol. The lowest BCUT2D eigenvalue weighted by Crippen LogP contribution is -2.22. The third-order valence-electron chi connectivity index (χ3n) is 5.58. The molecule has 1 aliphatic rings. The summed E-state index contributed by atoms with van der Waals surface area (Å²) >= 11 is 5.92. The van der Waals surface area contributed by atoms with Crippen molar-refractivity contribution in [3.8, 4) is 28.7 Å². The molecule has 170 valence electrons. The monoisotopic (exact) mass is 468 g/mol. The molecule has 0 saturated heterocycles. The number of rotatable bonds is 6. The van der Waals surface area contributed by atoms with Crippen molar-refractivity contribution in [1.29, 1.82) is 0 Å². The van der Waals surface area contributed by atoms with Crippen LogP contribution in [0.3, 0.4) is 0 Å². The zero-order valence-corrected chi connectivity index (χ0v) is 18.9. The summed E-state index contributed by atoms with van der Waals surface area (Å²) in [5, 5.41) is 11.7. The van der Waals surface area contributed by atoms with E-state index in [0.717, 1.165) is 0 Å². The number of halogens is 1. The summed E-state index contributed by atoms with van der Waals surface area (Å²) in [4.78, 5) is 25.5. The molecule has 0 bridgehead atoms. The van der Waals surface area contributed by atoms with Crippen molar-refractivity contribution in [3.05, 3.63) is 75.8 Å². The zero-order valence-electron chi connectivity index (χ0n) is 18.2. The summed E-state index contributed by atoms with van der Waals surface area (Å²) in [6.07, 6.45) is -0.0645. The Labute approximate surface area is 195 Å². The van der Waals surface area contributed by atoms with Gasteiger partial charge in [-0.15, -0.1) is 0 Å². The highest BCUT2D eigenvalue weighted by molar-refractivity contribution is 6.30. The van der Waals surface area contributed by atoms with Crippen molar-refractivity contribution < 1.29 is 33.6 Å². The number of phenolic OH excluding ortho intramolecular Hbond substituents is 1. The van der Waals surface area contributed by atoms with E-state index in [2.05, 4.69) is 0 Å². The molecule has 0 spiro atoms. The van der Waals surface area contributed by atoms with Gasteiger partial charge in [0.15, 0.2) is 17.3 Å². The maximum absolute atomic E-state index is 13.1. The van der Waals surface area contributed by atoms with E-state index in [0.29, 0.717) is 39.0 Å². The molecule has 1 heterocycles. The Bertz CT molecular complexity index is 1230. The number of fused-ring (bicyclic) bond motifs is 1.